The average molecular weight is 235 g/mol. The molecule has 0 saturated heterocycles. The fraction of sp³-hybridized carbons (Fsp3) is 0.615. The number of nitrogen functional groups attached to an aromatic ring is 1. The third-order valence-corrected chi connectivity index (χ3v) is 3.83. The van der Waals surface area contributed by atoms with Crippen LogP contribution >= 0.6 is 0 Å². The lowest BCUT2D eigenvalue weighted by Crippen LogP contribution is -2.48. The van der Waals surface area contributed by atoms with Crippen LogP contribution in [0.25, 0.3) is 0 Å². The molecule has 1 aliphatic carbocycles. The monoisotopic (exact) mass is 235 g/mol. The summed E-state index contributed by atoms with van der Waals surface area (Å²) < 4.78 is 5.69. The first-order valence-corrected chi connectivity index (χ1v) is 6.17. The molecule has 0 radical (unpaired) electrons. The fourth-order valence-electron chi connectivity index (χ4n) is 2.76. The van der Waals surface area contributed by atoms with E-state index in [0.717, 1.165) is 24.8 Å². The Morgan fingerprint density at radius 2 is 2.18 bits per heavy atom. The molecule has 1 aliphatic rings. The van der Waals surface area contributed by atoms with Crippen molar-refractivity contribution >= 4 is 5.82 Å². The highest BCUT2D eigenvalue weighted by molar-refractivity contribution is 5.32. The van der Waals surface area contributed by atoms with Gasteiger partial charge in [-0.1, -0.05) is 12.8 Å². The molecule has 1 fully saturated rings. The Morgan fingerprint density at radius 1 is 1.47 bits per heavy atom. The number of nitrogens with zero attached hydrogens (tertiary/aromatic N) is 1. The molecule has 4 heteroatoms. The van der Waals surface area contributed by atoms with E-state index in [1.54, 1.807) is 13.3 Å². The lowest BCUT2D eigenvalue weighted by molar-refractivity contribution is -0.0253. The summed E-state index contributed by atoms with van der Waals surface area (Å²) >= 11 is 0. The third-order valence-electron chi connectivity index (χ3n) is 3.83. The highest BCUT2D eigenvalue weighted by Gasteiger charge is 2.39. The quantitative estimate of drug-likeness (QED) is 0.829. The normalized spacial score (nSPS) is 20.4. The predicted molar refractivity (Wildman–Crippen MR) is 68.5 cm³/mol. The molecule has 1 atom stereocenters. The van der Waals surface area contributed by atoms with E-state index in [-0.39, 0.29) is 11.6 Å². The van der Waals surface area contributed by atoms with Gasteiger partial charge >= 0.3 is 0 Å². The summed E-state index contributed by atoms with van der Waals surface area (Å²) in [7, 11) is 1.77. The second kappa shape index (κ2) is 5.02. The molecule has 0 amide bonds. The molecule has 4 N–H and O–H groups in total. The average Bonchev–Trinajstić information content (AvgIpc) is 2.78. The fourth-order valence-corrected chi connectivity index (χ4v) is 2.76. The van der Waals surface area contributed by atoms with Crippen molar-refractivity contribution in [3.05, 3.63) is 23.9 Å². The molecule has 0 aromatic carbocycles. The lowest BCUT2D eigenvalue weighted by atomic mass is 9.88. The zero-order chi connectivity index (χ0) is 12.3. The van der Waals surface area contributed by atoms with Crippen molar-refractivity contribution in [2.24, 2.45) is 5.73 Å². The van der Waals surface area contributed by atoms with Crippen LogP contribution in [0.5, 0.6) is 0 Å². The number of hydrogen-bond acceptors (Lipinski definition) is 4. The molecule has 1 unspecified atom stereocenters. The maximum Gasteiger partial charge on any atom is 0.123 e. The van der Waals surface area contributed by atoms with Crippen LogP contribution in [0.2, 0.25) is 0 Å². The van der Waals surface area contributed by atoms with Crippen molar-refractivity contribution in [3.8, 4) is 0 Å². The van der Waals surface area contributed by atoms with E-state index in [1.807, 2.05) is 12.1 Å². The first-order valence-electron chi connectivity index (χ1n) is 6.17. The standard InChI is InChI=1S/C13H21N3O/c1-17-13(5-2-3-6-13)11(14)8-10-4-7-16-12(15)9-10/h4,7,9,11H,2-3,5-6,8,14H2,1H3,(H2,15,16). The van der Waals surface area contributed by atoms with Gasteiger partial charge in [-0.15, -0.1) is 0 Å². The first kappa shape index (κ1) is 12.3. The van der Waals surface area contributed by atoms with Crippen molar-refractivity contribution in [1.82, 2.24) is 4.98 Å². The van der Waals surface area contributed by atoms with Crippen LogP contribution in [0.15, 0.2) is 18.3 Å². The zero-order valence-electron chi connectivity index (χ0n) is 10.4. The number of hydrogen-bond donors (Lipinski definition) is 2. The van der Waals surface area contributed by atoms with Crippen LogP contribution in [0.3, 0.4) is 0 Å². The Morgan fingerprint density at radius 3 is 2.76 bits per heavy atom. The molecule has 17 heavy (non-hydrogen) atoms. The molecular weight excluding hydrogens is 214 g/mol. The number of aromatic nitrogens is 1. The number of methoxy groups -OCH3 is 1. The highest BCUT2D eigenvalue weighted by Crippen LogP contribution is 2.35. The largest absolute Gasteiger partial charge is 0.384 e. The van der Waals surface area contributed by atoms with Gasteiger partial charge in [-0.2, -0.15) is 0 Å². The summed E-state index contributed by atoms with van der Waals surface area (Å²) in [5.41, 5.74) is 13.0. The van der Waals surface area contributed by atoms with Gasteiger partial charge in [0.1, 0.15) is 5.82 Å². The van der Waals surface area contributed by atoms with Crippen LogP contribution < -0.4 is 11.5 Å². The molecule has 94 valence electrons. The minimum atomic E-state index is -0.141. The molecule has 1 aromatic heterocycles. The zero-order valence-corrected chi connectivity index (χ0v) is 10.4. The van der Waals surface area contributed by atoms with Crippen LogP contribution in [-0.4, -0.2) is 23.7 Å². The van der Waals surface area contributed by atoms with Gasteiger partial charge < -0.3 is 16.2 Å². The topological polar surface area (TPSA) is 74.2 Å². The second-order valence-corrected chi connectivity index (χ2v) is 4.88. The number of pyridine rings is 1. The minimum absolute atomic E-state index is 0.0248. The van der Waals surface area contributed by atoms with E-state index >= 15 is 0 Å². The molecule has 4 nitrogen and oxygen atoms in total. The van der Waals surface area contributed by atoms with Crippen molar-refractivity contribution in [2.45, 2.75) is 43.7 Å². The summed E-state index contributed by atoms with van der Waals surface area (Å²) in [5.74, 6) is 0.549. The van der Waals surface area contributed by atoms with Crippen LogP contribution in [0.4, 0.5) is 5.82 Å². The van der Waals surface area contributed by atoms with E-state index in [4.69, 9.17) is 16.2 Å². The number of nitrogens with two attached hydrogens (primary N) is 2. The molecule has 0 bridgehead atoms. The Bertz CT molecular complexity index is 375. The number of anilines is 1. The van der Waals surface area contributed by atoms with Crippen molar-refractivity contribution in [1.29, 1.82) is 0 Å². The van der Waals surface area contributed by atoms with Gasteiger partial charge in [0.25, 0.3) is 0 Å². The van der Waals surface area contributed by atoms with Gasteiger partial charge in [0.2, 0.25) is 0 Å². The van der Waals surface area contributed by atoms with E-state index in [0.29, 0.717) is 5.82 Å². The molecule has 0 spiro atoms. The smallest absolute Gasteiger partial charge is 0.123 e. The summed E-state index contributed by atoms with van der Waals surface area (Å²) in [6.45, 7) is 0. The second-order valence-electron chi connectivity index (χ2n) is 4.88. The molecule has 1 saturated carbocycles. The van der Waals surface area contributed by atoms with Crippen LogP contribution in [0, 0.1) is 0 Å². The molecule has 1 heterocycles. The highest BCUT2D eigenvalue weighted by atomic mass is 16.5. The Labute approximate surface area is 102 Å². The number of ether oxygens (including phenoxy) is 1. The summed E-state index contributed by atoms with van der Waals surface area (Å²) in [5, 5.41) is 0. The maximum atomic E-state index is 6.32. The minimum Gasteiger partial charge on any atom is -0.384 e. The van der Waals surface area contributed by atoms with Crippen LogP contribution in [0.1, 0.15) is 31.2 Å². The maximum absolute atomic E-state index is 6.32. The molecule has 0 aliphatic heterocycles. The Kier molecular flexibility index (Phi) is 3.64. The molecule has 2 rings (SSSR count). The predicted octanol–water partition coefficient (Wildman–Crippen LogP) is 1.49. The Balaban J connectivity index is 2.07. The molecular formula is C13H21N3O. The van der Waals surface area contributed by atoms with E-state index in [2.05, 4.69) is 4.98 Å². The molecule has 1 aromatic rings. The lowest BCUT2D eigenvalue weighted by Gasteiger charge is -2.34. The van der Waals surface area contributed by atoms with E-state index in [1.165, 1.54) is 12.8 Å². The van der Waals surface area contributed by atoms with E-state index in [9.17, 15) is 0 Å². The van der Waals surface area contributed by atoms with Crippen molar-refractivity contribution in [3.63, 3.8) is 0 Å². The van der Waals surface area contributed by atoms with Gasteiger partial charge in [0.15, 0.2) is 0 Å². The summed E-state index contributed by atoms with van der Waals surface area (Å²) in [6.07, 6.45) is 7.06. The van der Waals surface area contributed by atoms with E-state index < -0.39 is 0 Å². The number of rotatable bonds is 4. The SMILES string of the molecule is COC1(C(N)Cc2ccnc(N)c2)CCCC1. The summed E-state index contributed by atoms with van der Waals surface area (Å²) in [4.78, 5) is 3.99. The first-order chi connectivity index (χ1) is 8.16. The third kappa shape index (κ3) is 2.58. The van der Waals surface area contributed by atoms with Crippen molar-refractivity contribution < 1.29 is 4.74 Å². The van der Waals surface area contributed by atoms with Gasteiger partial charge in [-0.05, 0) is 37.0 Å². The Hall–Kier alpha value is -1.13. The van der Waals surface area contributed by atoms with Gasteiger partial charge in [0.05, 0.1) is 5.60 Å². The van der Waals surface area contributed by atoms with Gasteiger partial charge in [-0.25, -0.2) is 4.98 Å². The van der Waals surface area contributed by atoms with Gasteiger partial charge in [0, 0.05) is 19.3 Å². The van der Waals surface area contributed by atoms with Crippen LogP contribution in [-0.2, 0) is 11.2 Å². The van der Waals surface area contributed by atoms with Crippen molar-refractivity contribution in [2.75, 3.05) is 12.8 Å². The van der Waals surface area contributed by atoms with Gasteiger partial charge in [-0.3, -0.25) is 0 Å². The summed E-state index contributed by atoms with van der Waals surface area (Å²) in [6, 6.07) is 3.88.